The van der Waals surface area contributed by atoms with Crippen LogP contribution >= 0.6 is 0 Å². The third-order valence-electron chi connectivity index (χ3n) is 6.23. The predicted octanol–water partition coefficient (Wildman–Crippen LogP) is 2.85. The highest BCUT2D eigenvalue weighted by molar-refractivity contribution is 6.11. The fourth-order valence-corrected chi connectivity index (χ4v) is 4.72. The Bertz CT molecular complexity index is 1220. The van der Waals surface area contributed by atoms with Crippen molar-refractivity contribution in [1.29, 1.82) is 0 Å². The summed E-state index contributed by atoms with van der Waals surface area (Å²) in [6.45, 7) is 1.28. The molecule has 1 N–H and O–H groups in total. The zero-order valence-corrected chi connectivity index (χ0v) is 17.1. The number of rotatable bonds is 5. The van der Waals surface area contributed by atoms with Gasteiger partial charge in [-0.1, -0.05) is 18.2 Å². The monoisotopic (exact) mass is 432 g/mol. The highest BCUT2D eigenvalue weighted by Gasteiger charge is 2.57. The highest BCUT2D eigenvalue weighted by atomic mass is 16.7. The van der Waals surface area contributed by atoms with Crippen molar-refractivity contribution >= 4 is 17.5 Å². The molecule has 162 valence electrons. The van der Waals surface area contributed by atoms with Crippen molar-refractivity contribution < 1.29 is 28.2 Å². The molecule has 6 rings (SSSR count). The van der Waals surface area contributed by atoms with Crippen LogP contribution in [0.2, 0.25) is 0 Å². The van der Waals surface area contributed by atoms with E-state index in [4.69, 9.17) is 18.6 Å². The fraction of sp³-hybridized carbons (Fsp3) is 0.250. The Labute approximate surface area is 183 Å². The molecule has 3 aliphatic heterocycles. The van der Waals surface area contributed by atoms with E-state index >= 15 is 0 Å². The van der Waals surface area contributed by atoms with E-state index in [0.29, 0.717) is 36.8 Å². The number of anilines is 1. The molecule has 1 spiro atoms. The number of hydrogen-bond donors (Lipinski definition) is 1. The largest absolute Gasteiger partial charge is 0.491 e. The van der Waals surface area contributed by atoms with E-state index < -0.39 is 5.41 Å². The predicted molar refractivity (Wildman–Crippen MR) is 113 cm³/mol. The van der Waals surface area contributed by atoms with E-state index in [9.17, 15) is 9.59 Å². The molecule has 1 aromatic heterocycles. The number of furan rings is 1. The topological polar surface area (TPSA) is 90.2 Å². The molecule has 32 heavy (non-hydrogen) atoms. The summed E-state index contributed by atoms with van der Waals surface area (Å²) in [4.78, 5) is 27.7. The molecule has 0 aliphatic carbocycles. The molecule has 1 atom stereocenters. The lowest BCUT2D eigenvalue weighted by Crippen LogP contribution is -2.43. The van der Waals surface area contributed by atoms with Crippen molar-refractivity contribution in [2.45, 2.75) is 11.8 Å². The zero-order chi connectivity index (χ0) is 21.7. The molecule has 1 unspecified atom stereocenters. The van der Waals surface area contributed by atoms with Crippen molar-refractivity contribution in [2.24, 2.45) is 0 Å². The van der Waals surface area contributed by atoms with Gasteiger partial charge in [0.1, 0.15) is 17.8 Å². The number of benzene rings is 2. The maximum Gasteiger partial charge on any atom is 0.286 e. The number of amides is 2. The van der Waals surface area contributed by atoms with Gasteiger partial charge in [-0.2, -0.15) is 0 Å². The number of nitrogens with zero attached hydrogens (tertiary/aromatic N) is 1. The maximum absolute atomic E-state index is 13.8. The number of hydrogen-bond acceptors (Lipinski definition) is 6. The van der Waals surface area contributed by atoms with E-state index in [1.54, 1.807) is 23.1 Å². The lowest BCUT2D eigenvalue weighted by molar-refractivity contribution is -0.122. The molecule has 0 radical (unpaired) electrons. The molecular formula is C24H20N2O6. The normalized spacial score (nSPS) is 19.8. The second-order valence-electron chi connectivity index (χ2n) is 7.96. The molecule has 8 heteroatoms. The Morgan fingerprint density at radius 3 is 2.69 bits per heavy atom. The minimum absolute atomic E-state index is 0.0336. The van der Waals surface area contributed by atoms with E-state index in [2.05, 4.69) is 5.32 Å². The third kappa shape index (κ3) is 2.62. The highest BCUT2D eigenvalue weighted by Crippen LogP contribution is 2.54. The van der Waals surface area contributed by atoms with Crippen LogP contribution in [0.3, 0.4) is 0 Å². The second-order valence-corrected chi connectivity index (χ2v) is 7.96. The van der Waals surface area contributed by atoms with E-state index in [-0.39, 0.29) is 31.0 Å². The first-order valence-electron chi connectivity index (χ1n) is 10.5. The fourth-order valence-electron chi connectivity index (χ4n) is 4.72. The lowest BCUT2D eigenvalue weighted by Gasteiger charge is -2.23. The van der Waals surface area contributed by atoms with Crippen LogP contribution in [0.15, 0.2) is 59.2 Å². The summed E-state index contributed by atoms with van der Waals surface area (Å²) in [7, 11) is 0. The molecule has 2 aromatic carbocycles. The van der Waals surface area contributed by atoms with E-state index in [1.807, 2.05) is 30.3 Å². The zero-order valence-electron chi connectivity index (χ0n) is 17.1. The minimum atomic E-state index is -0.912. The summed E-state index contributed by atoms with van der Waals surface area (Å²) < 4.78 is 22.1. The summed E-state index contributed by atoms with van der Waals surface area (Å²) in [6.07, 6.45) is 2.06. The Morgan fingerprint density at radius 2 is 1.84 bits per heavy atom. The van der Waals surface area contributed by atoms with Gasteiger partial charge in [0, 0.05) is 30.4 Å². The third-order valence-corrected chi connectivity index (χ3v) is 6.23. The molecule has 3 aliphatic rings. The molecular weight excluding hydrogens is 412 g/mol. The number of carbonyl (C=O) groups is 2. The molecule has 0 saturated heterocycles. The van der Waals surface area contributed by atoms with E-state index in [1.165, 1.54) is 6.26 Å². The van der Waals surface area contributed by atoms with Crippen LogP contribution < -0.4 is 24.4 Å². The van der Waals surface area contributed by atoms with Gasteiger partial charge in [-0.05, 0) is 36.2 Å². The second kappa shape index (κ2) is 7.05. The van der Waals surface area contributed by atoms with Gasteiger partial charge in [0.05, 0.1) is 6.26 Å². The van der Waals surface area contributed by atoms with E-state index in [0.717, 1.165) is 16.8 Å². The first-order valence-corrected chi connectivity index (χ1v) is 10.5. The Balaban J connectivity index is 1.26. The first-order chi connectivity index (χ1) is 15.7. The molecule has 0 bridgehead atoms. The summed E-state index contributed by atoms with van der Waals surface area (Å²) >= 11 is 0. The van der Waals surface area contributed by atoms with Crippen molar-refractivity contribution in [3.05, 3.63) is 71.7 Å². The van der Waals surface area contributed by atoms with Crippen LogP contribution in [0, 0.1) is 0 Å². The quantitative estimate of drug-likeness (QED) is 0.624. The van der Waals surface area contributed by atoms with Gasteiger partial charge in [-0.3, -0.25) is 9.59 Å². The van der Waals surface area contributed by atoms with Crippen LogP contribution in [0.5, 0.6) is 17.2 Å². The maximum atomic E-state index is 13.8. The van der Waals surface area contributed by atoms with Crippen LogP contribution in [-0.2, 0) is 10.2 Å². The number of ether oxygens (including phenoxy) is 3. The number of carbonyl (C=O) groups excluding carboxylic acids is 2. The van der Waals surface area contributed by atoms with Crippen LogP contribution in [0.1, 0.15) is 28.1 Å². The Morgan fingerprint density at radius 1 is 1.00 bits per heavy atom. The van der Waals surface area contributed by atoms with Gasteiger partial charge >= 0.3 is 0 Å². The standard InChI is InChI=1S/C24H20N2O6/c27-22(18-7-3-10-29-18)25-8-4-9-26-17-6-2-1-5-15(17)24(23(26)28)13-30-19-12-21-20(11-16(19)24)31-14-32-21/h1-3,5-7,10-12H,4,8-9,13-14H2,(H,25,27). The average molecular weight is 432 g/mol. The first kappa shape index (κ1) is 18.8. The number of nitrogens with one attached hydrogen (secondary N) is 1. The molecule has 2 amide bonds. The van der Waals surface area contributed by atoms with Gasteiger partial charge in [-0.25, -0.2) is 0 Å². The van der Waals surface area contributed by atoms with Crippen molar-refractivity contribution in [3.8, 4) is 17.2 Å². The van der Waals surface area contributed by atoms with Crippen LogP contribution in [0.4, 0.5) is 5.69 Å². The van der Waals surface area contributed by atoms with Crippen molar-refractivity contribution in [1.82, 2.24) is 5.32 Å². The van der Waals surface area contributed by atoms with Gasteiger partial charge in [0.15, 0.2) is 17.3 Å². The van der Waals surface area contributed by atoms with Gasteiger partial charge < -0.3 is 28.8 Å². The smallest absolute Gasteiger partial charge is 0.286 e. The Kier molecular flexibility index (Phi) is 4.14. The average Bonchev–Trinajstić information content (AvgIpc) is 3.59. The van der Waals surface area contributed by atoms with Gasteiger partial charge in [0.2, 0.25) is 12.7 Å². The van der Waals surface area contributed by atoms with Crippen LogP contribution in [0.25, 0.3) is 0 Å². The van der Waals surface area contributed by atoms with Gasteiger partial charge in [0.25, 0.3) is 5.91 Å². The molecule has 3 aromatic rings. The summed E-state index contributed by atoms with van der Waals surface area (Å²) in [5.74, 6) is 1.86. The lowest BCUT2D eigenvalue weighted by atomic mass is 9.77. The molecule has 4 heterocycles. The SMILES string of the molecule is O=C(NCCCN1C(=O)C2(COc3cc4c(cc32)OCO4)c2ccccc21)c1ccco1. The summed E-state index contributed by atoms with van der Waals surface area (Å²) in [6, 6.07) is 14.7. The molecule has 0 saturated carbocycles. The minimum Gasteiger partial charge on any atom is -0.491 e. The van der Waals surface area contributed by atoms with Crippen molar-refractivity contribution in [3.63, 3.8) is 0 Å². The van der Waals surface area contributed by atoms with Crippen LogP contribution in [-0.4, -0.2) is 38.3 Å². The van der Waals surface area contributed by atoms with Crippen molar-refractivity contribution in [2.75, 3.05) is 31.4 Å². The summed E-state index contributed by atoms with van der Waals surface area (Å²) in [5.41, 5.74) is 1.67. The number of fused-ring (bicyclic) bond motifs is 5. The summed E-state index contributed by atoms with van der Waals surface area (Å²) in [5, 5.41) is 2.83. The Hall–Kier alpha value is -3.94. The molecule has 8 nitrogen and oxygen atoms in total. The van der Waals surface area contributed by atoms with Gasteiger partial charge in [-0.15, -0.1) is 0 Å². The number of para-hydroxylation sites is 1. The molecule has 0 fully saturated rings.